The van der Waals surface area contributed by atoms with Gasteiger partial charge in [0, 0.05) is 7.05 Å². The monoisotopic (exact) mass is 222 g/mol. The molecule has 2 aliphatic rings. The van der Waals surface area contributed by atoms with Crippen molar-refractivity contribution in [2.75, 3.05) is 7.05 Å². The summed E-state index contributed by atoms with van der Waals surface area (Å²) in [6.45, 7) is 0. The van der Waals surface area contributed by atoms with Gasteiger partial charge in [-0.25, -0.2) is 0 Å². The normalized spacial score (nSPS) is 25.6. The highest BCUT2D eigenvalue weighted by Crippen LogP contribution is 2.37. The van der Waals surface area contributed by atoms with E-state index in [9.17, 15) is 0 Å². The number of nitrogens with zero attached hydrogens (tertiary/aromatic N) is 2. The summed E-state index contributed by atoms with van der Waals surface area (Å²) in [5.41, 5.74) is 0. The van der Waals surface area contributed by atoms with Crippen LogP contribution in [0.2, 0.25) is 0 Å². The molecule has 0 amide bonds. The second kappa shape index (κ2) is 6.36. The molecule has 2 heteroatoms. The van der Waals surface area contributed by atoms with E-state index in [1.54, 1.807) is 0 Å². The van der Waals surface area contributed by atoms with Crippen molar-refractivity contribution in [2.45, 2.75) is 70.3 Å². The molecule has 2 saturated carbocycles. The first-order chi connectivity index (χ1) is 7.92. The molecular formula is C14H26N2. The quantitative estimate of drug-likeness (QED) is 0.624. The molecule has 0 saturated heterocycles. The molecule has 0 heterocycles. The topological polar surface area (TPSA) is 24.7 Å². The molecule has 0 N–H and O–H groups in total. The third-order valence-corrected chi connectivity index (χ3v) is 4.51. The van der Waals surface area contributed by atoms with Gasteiger partial charge >= 0.3 is 0 Å². The van der Waals surface area contributed by atoms with Gasteiger partial charge in [-0.1, -0.05) is 38.5 Å². The van der Waals surface area contributed by atoms with E-state index >= 15 is 0 Å². The molecule has 0 bridgehead atoms. The van der Waals surface area contributed by atoms with Crippen LogP contribution in [0.25, 0.3) is 0 Å². The minimum Gasteiger partial charge on any atom is -0.197 e. The summed E-state index contributed by atoms with van der Waals surface area (Å²) in [5, 5.41) is 8.71. The van der Waals surface area contributed by atoms with Crippen LogP contribution < -0.4 is 0 Å². The summed E-state index contributed by atoms with van der Waals surface area (Å²) in [4.78, 5) is 0. The lowest BCUT2D eigenvalue weighted by Gasteiger charge is -2.34. The molecule has 92 valence electrons. The van der Waals surface area contributed by atoms with Crippen molar-refractivity contribution in [1.82, 2.24) is 0 Å². The van der Waals surface area contributed by atoms with Gasteiger partial charge in [-0.3, -0.25) is 0 Å². The molecule has 0 radical (unpaired) electrons. The smallest absolute Gasteiger partial charge is 0.0764 e. The molecule has 2 nitrogen and oxygen atoms in total. The highest BCUT2D eigenvalue weighted by molar-refractivity contribution is 4.85. The molecule has 0 atom stereocenters. The van der Waals surface area contributed by atoms with E-state index in [4.69, 9.17) is 0 Å². The first-order valence-corrected chi connectivity index (χ1v) is 7.21. The zero-order valence-electron chi connectivity index (χ0n) is 10.7. The van der Waals surface area contributed by atoms with Gasteiger partial charge in [0.25, 0.3) is 0 Å². The van der Waals surface area contributed by atoms with Gasteiger partial charge in [-0.2, -0.15) is 10.2 Å². The summed E-state index contributed by atoms with van der Waals surface area (Å²) in [7, 11) is 1.85. The van der Waals surface area contributed by atoms with E-state index in [0.29, 0.717) is 6.04 Å². The highest BCUT2D eigenvalue weighted by Gasteiger charge is 2.31. The lowest BCUT2D eigenvalue weighted by molar-refractivity contribution is 0.200. The van der Waals surface area contributed by atoms with Crippen LogP contribution in [0.4, 0.5) is 0 Å². The lowest BCUT2D eigenvalue weighted by Crippen LogP contribution is -2.30. The summed E-state index contributed by atoms with van der Waals surface area (Å²) in [5.74, 6) is 1.70. The van der Waals surface area contributed by atoms with Crippen molar-refractivity contribution >= 4 is 0 Å². The lowest BCUT2D eigenvalue weighted by atomic mass is 9.74. The maximum Gasteiger partial charge on any atom is 0.0764 e. The number of rotatable bonds is 3. The Hall–Kier alpha value is -0.400. The van der Waals surface area contributed by atoms with Crippen LogP contribution in [-0.4, -0.2) is 13.1 Å². The summed E-state index contributed by atoms with van der Waals surface area (Å²) < 4.78 is 0. The Balaban J connectivity index is 1.96. The number of azo groups is 1. The first-order valence-electron chi connectivity index (χ1n) is 7.21. The zero-order valence-corrected chi connectivity index (χ0v) is 10.7. The molecule has 2 rings (SSSR count). The third-order valence-electron chi connectivity index (χ3n) is 4.51. The average molecular weight is 222 g/mol. The molecular weight excluding hydrogens is 196 g/mol. The van der Waals surface area contributed by atoms with E-state index in [0.717, 1.165) is 11.8 Å². The van der Waals surface area contributed by atoms with Crippen LogP contribution in [0.5, 0.6) is 0 Å². The number of hydrogen-bond acceptors (Lipinski definition) is 2. The van der Waals surface area contributed by atoms with Crippen molar-refractivity contribution in [3.63, 3.8) is 0 Å². The van der Waals surface area contributed by atoms with Gasteiger partial charge in [0.05, 0.1) is 6.04 Å². The largest absolute Gasteiger partial charge is 0.197 e. The van der Waals surface area contributed by atoms with Crippen LogP contribution in [0.15, 0.2) is 10.2 Å². The molecule has 0 aromatic carbocycles. The van der Waals surface area contributed by atoms with Gasteiger partial charge in [0.15, 0.2) is 0 Å². The molecule has 0 aliphatic heterocycles. The minimum atomic E-state index is 0.561. The third kappa shape index (κ3) is 3.05. The summed E-state index contributed by atoms with van der Waals surface area (Å²) >= 11 is 0. The summed E-state index contributed by atoms with van der Waals surface area (Å²) in [6, 6.07) is 0.561. The van der Waals surface area contributed by atoms with Gasteiger partial charge < -0.3 is 0 Å². The van der Waals surface area contributed by atoms with Crippen LogP contribution in [0.3, 0.4) is 0 Å². The Morgan fingerprint density at radius 3 is 1.56 bits per heavy atom. The van der Waals surface area contributed by atoms with Gasteiger partial charge in [0.2, 0.25) is 0 Å². The fraction of sp³-hybridized carbons (Fsp3) is 1.00. The Labute approximate surface area is 99.9 Å². The second-order valence-corrected chi connectivity index (χ2v) is 5.60. The van der Waals surface area contributed by atoms with Crippen molar-refractivity contribution in [3.8, 4) is 0 Å². The second-order valence-electron chi connectivity index (χ2n) is 5.60. The van der Waals surface area contributed by atoms with Crippen LogP contribution >= 0.6 is 0 Å². The van der Waals surface area contributed by atoms with E-state index in [-0.39, 0.29) is 0 Å². The molecule has 0 aromatic rings. The molecule has 16 heavy (non-hydrogen) atoms. The molecule has 0 unspecified atom stereocenters. The van der Waals surface area contributed by atoms with Gasteiger partial charge in [-0.15, -0.1) is 0 Å². The molecule has 2 aliphatic carbocycles. The fourth-order valence-electron chi connectivity index (χ4n) is 3.66. The predicted molar refractivity (Wildman–Crippen MR) is 67.7 cm³/mol. The van der Waals surface area contributed by atoms with Crippen LogP contribution in [0, 0.1) is 11.8 Å². The highest BCUT2D eigenvalue weighted by atomic mass is 15.1. The van der Waals surface area contributed by atoms with E-state index in [1.165, 1.54) is 64.2 Å². The molecule has 0 aromatic heterocycles. The zero-order chi connectivity index (χ0) is 11.2. The standard InChI is InChI=1S/C14H26N2/c1-15-16-14(12-8-4-2-5-9-12)13-10-6-3-7-11-13/h12-14H,2-11H2,1H3. The van der Waals surface area contributed by atoms with Crippen LogP contribution in [-0.2, 0) is 0 Å². The predicted octanol–water partition coefficient (Wildman–Crippen LogP) is 4.60. The summed E-state index contributed by atoms with van der Waals surface area (Å²) in [6.07, 6.45) is 14.2. The molecule has 2 fully saturated rings. The van der Waals surface area contributed by atoms with Crippen molar-refractivity contribution < 1.29 is 0 Å². The minimum absolute atomic E-state index is 0.561. The fourth-order valence-corrected chi connectivity index (χ4v) is 3.66. The Kier molecular flexibility index (Phi) is 4.80. The SMILES string of the molecule is CN=NC(C1CCCCC1)C1CCCCC1. The van der Waals surface area contributed by atoms with Crippen molar-refractivity contribution in [3.05, 3.63) is 0 Å². The Morgan fingerprint density at radius 2 is 1.19 bits per heavy atom. The van der Waals surface area contributed by atoms with E-state index in [1.807, 2.05) is 7.05 Å². The first kappa shape index (κ1) is 12.1. The Bertz CT molecular complexity index is 195. The van der Waals surface area contributed by atoms with E-state index in [2.05, 4.69) is 10.2 Å². The van der Waals surface area contributed by atoms with Gasteiger partial charge in [-0.05, 0) is 37.5 Å². The average Bonchev–Trinajstić information content (AvgIpc) is 2.38. The maximum absolute atomic E-state index is 4.60. The Morgan fingerprint density at radius 1 is 0.750 bits per heavy atom. The maximum atomic E-state index is 4.60. The van der Waals surface area contributed by atoms with Crippen molar-refractivity contribution in [2.24, 2.45) is 22.1 Å². The van der Waals surface area contributed by atoms with Crippen molar-refractivity contribution in [1.29, 1.82) is 0 Å². The number of hydrogen-bond donors (Lipinski definition) is 0. The molecule has 0 spiro atoms. The van der Waals surface area contributed by atoms with Crippen LogP contribution in [0.1, 0.15) is 64.2 Å². The van der Waals surface area contributed by atoms with Gasteiger partial charge in [0.1, 0.15) is 0 Å². The van der Waals surface area contributed by atoms with E-state index < -0.39 is 0 Å².